The molecule has 5 nitrogen and oxygen atoms in total. The van der Waals surface area contributed by atoms with Crippen LogP contribution in [0.2, 0.25) is 5.02 Å². The van der Waals surface area contributed by atoms with Crippen LogP contribution in [-0.4, -0.2) is 17.1 Å². The average Bonchev–Trinajstić information content (AvgIpc) is 2.61. The summed E-state index contributed by atoms with van der Waals surface area (Å²) < 4.78 is 7.22. The first-order valence-electron chi connectivity index (χ1n) is 8.24. The van der Waals surface area contributed by atoms with Crippen LogP contribution in [0.5, 0.6) is 5.75 Å². The van der Waals surface area contributed by atoms with E-state index in [9.17, 15) is 9.59 Å². The van der Waals surface area contributed by atoms with E-state index < -0.39 is 5.91 Å². The Labute approximate surface area is 156 Å². The van der Waals surface area contributed by atoms with Crippen LogP contribution in [0.15, 0.2) is 47.4 Å². The first-order chi connectivity index (χ1) is 12.4. The SMILES string of the molecule is CCOc1ccc2c(c1)c(=O)c(C(=O)Nc1ccc(C)c(Cl)c1)cn2C. The van der Waals surface area contributed by atoms with Gasteiger partial charge in [0.2, 0.25) is 5.43 Å². The zero-order valence-corrected chi connectivity index (χ0v) is 15.6. The number of hydrogen-bond donors (Lipinski definition) is 1. The summed E-state index contributed by atoms with van der Waals surface area (Å²) in [5.74, 6) is 0.120. The molecule has 6 heteroatoms. The molecule has 2 aromatic carbocycles. The van der Waals surface area contributed by atoms with Gasteiger partial charge in [0.25, 0.3) is 5.91 Å². The van der Waals surface area contributed by atoms with Crippen LogP contribution in [-0.2, 0) is 7.05 Å². The lowest BCUT2D eigenvalue weighted by molar-refractivity contribution is 0.102. The maximum atomic E-state index is 12.8. The molecule has 0 fully saturated rings. The Morgan fingerprint density at radius 3 is 2.69 bits per heavy atom. The molecule has 1 heterocycles. The van der Waals surface area contributed by atoms with Crippen LogP contribution in [0.4, 0.5) is 5.69 Å². The lowest BCUT2D eigenvalue weighted by Gasteiger charge is -2.11. The third kappa shape index (κ3) is 3.44. The Balaban J connectivity index is 2.03. The summed E-state index contributed by atoms with van der Waals surface area (Å²) in [4.78, 5) is 25.5. The maximum Gasteiger partial charge on any atom is 0.261 e. The Kier molecular flexibility index (Phi) is 5.00. The van der Waals surface area contributed by atoms with Crippen molar-refractivity contribution in [3.8, 4) is 5.75 Å². The van der Waals surface area contributed by atoms with Crippen molar-refractivity contribution in [2.45, 2.75) is 13.8 Å². The fourth-order valence-electron chi connectivity index (χ4n) is 2.76. The number of nitrogens with one attached hydrogen (secondary N) is 1. The van der Waals surface area contributed by atoms with Gasteiger partial charge in [-0.2, -0.15) is 0 Å². The molecule has 0 unspecified atom stereocenters. The number of rotatable bonds is 4. The Hall–Kier alpha value is -2.79. The number of aryl methyl sites for hydroxylation is 2. The number of fused-ring (bicyclic) bond motifs is 1. The first kappa shape index (κ1) is 18.0. The van der Waals surface area contributed by atoms with E-state index in [0.717, 1.165) is 11.1 Å². The number of nitrogens with zero attached hydrogens (tertiary/aromatic N) is 1. The van der Waals surface area contributed by atoms with E-state index in [1.165, 1.54) is 6.20 Å². The molecule has 0 aliphatic carbocycles. The quantitative estimate of drug-likeness (QED) is 0.750. The van der Waals surface area contributed by atoms with Crippen LogP contribution < -0.4 is 15.5 Å². The zero-order valence-electron chi connectivity index (χ0n) is 14.8. The second-order valence-corrected chi connectivity index (χ2v) is 6.42. The number of hydrogen-bond acceptors (Lipinski definition) is 3. The van der Waals surface area contributed by atoms with Crippen molar-refractivity contribution < 1.29 is 9.53 Å². The van der Waals surface area contributed by atoms with Gasteiger partial charge in [-0.05, 0) is 49.7 Å². The summed E-state index contributed by atoms with van der Waals surface area (Å²) in [6, 6.07) is 10.5. The van der Waals surface area contributed by atoms with Crippen molar-refractivity contribution in [2.75, 3.05) is 11.9 Å². The third-order valence-electron chi connectivity index (χ3n) is 4.15. The molecule has 0 saturated heterocycles. The van der Waals surface area contributed by atoms with Crippen molar-refractivity contribution in [1.29, 1.82) is 0 Å². The summed E-state index contributed by atoms with van der Waals surface area (Å²) in [6.45, 7) is 4.25. The smallest absolute Gasteiger partial charge is 0.261 e. The fraction of sp³-hybridized carbons (Fsp3) is 0.200. The molecular weight excluding hydrogens is 352 g/mol. The summed E-state index contributed by atoms with van der Waals surface area (Å²) in [6.07, 6.45) is 1.54. The number of anilines is 1. The van der Waals surface area contributed by atoms with E-state index in [2.05, 4.69) is 5.32 Å². The average molecular weight is 371 g/mol. The van der Waals surface area contributed by atoms with Crippen molar-refractivity contribution in [2.24, 2.45) is 7.05 Å². The van der Waals surface area contributed by atoms with E-state index in [-0.39, 0.29) is 11.0 Å². The molecule has 1 amide bonds. The number of pyridine rings is 1. The molecule has 0 saturated carbocycles. The van der Waals surface area contributed by atoms with Crippen molar-refractivity contribution in [1.82, 2.24) is 4.57 Å². The number of carbonyl (C=O) groups excluding carboxylic acids is 1. The summed E-state index contributed by atoms with van der Waals surface area (Å²) >= 11 is 6.09. The number of aromatic nitrogens is 1. The molecule has 1 N–H and O–H groups in total. The number of halogens is 1. The van der Waals surface area contributed by atoms with Gasteiger partial charge >= 0.3 is 0 Å². The second kappa shape index (κ2) is 7.22. The van der Waals surface area contributed by atoms with E-state index in [4.69, 9.17) is 16.3 Å². The maximum absolute atomic E-state index is 12.8. The van der Waals surface area contributed by atoms with E-state index in [1.807, 2.05) is 26.0 Å². The highest BCUT2D eigenvalue weighted by Crippen LogP contribution is 2.21. The van der Waals surface area contributed by atoms with Crippen molar-refractivity contribution in [3.63, 3.8) is 0 Å². The van der Waals surface area contributed by atoms with Gasteiger partial charge in [-0.25, -0.2) is 0 Å². The molecule has 0 radical (unpaired) electrons. The molecule has 0 bridgehead atoms. The molecule has 1 aromatic heterocycles. The van der Waals surface area contributed by atoms with E-state index in [1.54, 1.807) is 35.9 Å². The lowest BCUT2D eigenvalue weighted by atomic mass is 10.1. The summed E-state index contributed by atoms with van der Waals surface area (Å²) in [7, 11) is 1.79. The lowest BCUT2D eigenvalue weighted by Crippen LogP contribution is -2.23. The van der Waals surface area contributed by atoms with Crippen LogP contribution in [0, 0.1) is 6.92 Å². The number of carbonyl (C=O) groups is 1. The first-order valence-corrected chi connectivity index (χ1v) is 8.62. The van der Waals surface area contributed by atoms with Gasteiger partial charge in [0.05, 0.1) is 17.5 Å². The zero-order chi connectivity index (χ0) is 18.8. The van der Waals surface area contributed by atoms with Gasteiger partial charge in [0.1, 0.15) is 11.3 Å². The Bertz CT molecular complexity index is 1060. The predicted molar refractivity (Wildman–Crippen MR) is 105 cm³/mol. The van der Waals surface area contributed by atoms with Crippen LogP contribution in [0.25, 0.3) is 10.9 Å². The van der Waals surface area contributed by atoms with Crippen LogP contribution >= 0.6 is 11.6 Å². The highest BCUT2D eigenvalue weighted by Gasteiger charge is 2.15. The summed E-state index contributed by atoms with van der Waals surface area (Å²) in [5, 5.41) is 3.72. The van der Waals surface area contributed by atoms with Gasteiger partial charge in [-0.1, -0.05) is 17.7 Å². The fourth-order valence-corrected chi connectivity index (χ4v) is 2.94. The molecule has 26 heavy (non-hydrogen) atoms. The molecule has 0 atom stereocenters. The number of benzene rings is 2. The second-order valence-electron chi connectivity index (χ2n) is 6.01. The van der Waals surface area contributed by atoms with Crippen LogP contribution in [0.1, 0.15) is 22.8 Å². The minimum atomic E-state index is -0.478. The van der Waals surface area contributed by atoms with Crippen molar-refractivity contribution in [3.05, 3.63) is 69.0 Å². The highest BCUT2D eigenvalue weighted by atomic mass is 35.5. The monoisotopic (exact) mass is 370 g/mol. The highest BCUT2D eigenvalue weighted by molar-refractivity contribution is 6.31. The molecule has 3 rings (SSSR count). The molecule has 0 spiro atoms. The van der Waals surface area contributed by atoms with Gasteiger partial charge in [-0.3, -0.25) is 9.59 Å². The third-order valence-corrected chi connectivity index (χ3v) is 4.55. The van der Waals surface area contributed by atoms with Crippen molar-refractivity contribution >= 4 is 34.1 Å². The summed E-state index contributed by atoms with van der Waals surface area (Å²) in [5.41, 5.74) is 1.90. The Morgan fingerprint density at radius 2 is 2.00 bits per heavy atom. The molecule has 3 aromatic rings. The van der Waals surface area contributed by atoms with E-state index in [0.29, 0.717) is 28.5 Å². The van der Waals surface area contributed by atoms with Gasteiger partial charge in [0, 0.05) is 24.0 Å². The predicted octanol–water partition coefficient (Wildman–Crippen LogP) is 4.15. The minimum Gasteiger partial charge on any atom is -0.494 e. The molecule has 134 valence electrons. The number of amides is 1. The number of ether oxygens (including phenoxy) is 1. The van der Waals surface area contributed by atoms with Gasteiger partial charge < -0.3 is 14.6 Å². The normalized spacial score (nSPS) is 10.8. The largest absolute Gasteiger partial charge is 0.494 e. The van der Waals surface area contributed by atoms with Crippen LogP contribution in [0.3, 0.4) is 0 Å². The topological polar surface area (TPSA) is 60.3 Å². The minimum absolute atomic E-state index is 0.0605. The molecule has 0 aliphatic heterocycles. The molecular formula is C20H19ClN2O3. The molecule has 0 aliphatic rings. The standard InChI is InChI=1S/C20H19ClN2O3/c1-4-26-14-7-8-18-15(10-14)19(24)16(11-23(18)3)20(25)22-13-6-5-12(2)17(21)9-13/h5-11H,4H2,1-3H3,(H,22,25). The van der Waals surface area contributed by atoms with E-state index >= 15 is 0 Å². The Morgan fingerprint density at radius 1 is 1.23 bits per heavy atom. The van der Waals surface area contributed by atoms with Gasteiger partial charge in [-0.15, -0.1) is 0 Å². The van der Waals surface area contributed by atoms with Gasteiger partial charge in [0.15, 0.2) is 0 Å².